The van der Waals surface area contributed by atoms with Crippen LogP contribution >= 0.6 is 0 Å². The topological polar surface area (TPSA) is 104 Å². The number of carboxylic acid groups (broad SMARTS) is 1. The molecule has 2 aliphatic rings. The van der Waals surface area contributed by atoms with Gasteiger partial charge in [0.05, 0.1) is 0 Å². The van der Waals surface area contributed by atoms with Crippen LogP contribution in [0.15, 0.2) is 12.2 Å². The van der Waals surface area contributed by atoms with Crippen LogP contribution in [0.3, 0.4) is 0 Å². The molecule has 4 atom stereocenters. The van der Waals surface area contributed by atoms with Crippen molar-refractivity contribution >= 4 is 5.97 Å². The van der Waals surface area contributed by atoms with Crippen LogP contribution in [0.25, 0.3) is 0 Å². The normalized spacial score (nSPS) is 46.6. The van der Waals surface area contributed by atoms with E-state index < -0.39 is 23.7 Å². The van der Waals surface area contributed by atoms with Crippen LogP contribution in [0.4, 0.5) is 0 Å². The summed E-state index contributed by atoms with van der Waals surface area (Å²) in [5, 5.41) is 26.6. The van der Waals surface area contributed by atoms with E-state index in [-0.39, 0.29) is 11.8 Å². The van der Waals surface area contributed by atoms with Crippen molar-refractivity contribution in [3.05, 3.63) is 12.2 Å². The minimum atomic E-state index is -1.47. The molecule has 5 N–H and O–H groups in total. The highest BCUT2D eigenvalue weighted by molar-refractivity contribution is 5.84. The Kier molecular flexibility index (Phi) is 1.54. The molecule has 0 aromatic rings. The van der Waals surface area contributed by atoms with Crippen molar-refractivity contribution in [3.63, 3.8) is 0 Å². The van der Waals surface area contributed by atoms with E-state index in [0.717, 1.165) is 0 Å². The summed E-state index contributed by atoms with van der Waals surface area (Å²) in [6, 6.07) is 0. The van der Waals surface area contributed by atoms with Crippen molar-refractivity contribution in [1.82, 2.24) is 0 Å². The molecule has 0 amide bonds. The third kappa shape index (κ3) is 0.948. The molecule has 2 rings (SSSR count). The lowest BCUT2D eigenvalue weighted by Gasteiger charge is -2.19. The molecule has 5 heteroatoms. The molecule has 0 aliphatic heterocycles. The van der Waals surface area contributed by atoms with Gasteiger partial charge in [0.2, 0.25) is 0 Å². The van der Waals surface area contributed by atoms with Crippen molar-refractivity contribution in [3.8, 4) is 0 Å². The predicted molar refractivity (Wildman–Crippen MR) is 42.4 cm³/mol. The van der Waals surface area contributed by atoms with Crippen LogP contribution in [0.5, 0.6) is 0 Å². The van der Waals surface area contributed by atoms with Crippen LogP contribution in [-0.4, -0.2) is 33.1 Å². The van der Waals surface area contributed by atoms with Crippen LogP contribution < -0.4 is 5.73 Å². The van der Waals surface area contributed by atoms with Crippen molar-refractivity contribution in [2.45, 2.75) is 11.8 Å². The monoisotopic (exact) mass is 185 g/mol. The van der Waals surface area contributed by atoms with Gasteiger partial charge in [0.15, 0.2) is 6.29 Å². The van der Waals surface area contributed by atoms with Crippen molar-refractivity contribution in [1.29, 1.82) is 0 Å². The highest BCUT2D eigenvalue weighted by atomic mass is 16.5. The fraction of sp³-hybridized carbons (Fsp3) is 0.625. The molecule has 0 saturated heterocycles. The molecule has 72 valence electrons. The fourth-order valence-electron chi connectivity index (χ4n) is 2.22. The molecular formula is C8H11NO4. The Morgan fingerprint density at radius 2 is 2.15 bits per heavy atom. The summed E-state index contributed by atoms with van der Waals surface area (Å²) in [5.74, 6) is -1.96. The van der Waals surface area contributed by atoms with Gasteiger partial charge in [0.25, 0.3) is 0 Å². The Morgan fingerprint density at radius 3 is 2.54 bits per heavy atom. The summed E-state index contributed by atoms with van der Waals surface area (Å²) in [7, 11) is 0. The number of carboxylic acids is 1. The maximum atomic E-state index is 10.8. The van der Waals surface area contributed by atoms with E-state index in [0.29, 0.717) is 0 Å². The van der Waals surface area contributed by atoms with E-state index in [9.17, 15) is 4.79 Å². The zero-order valence-corrected chi connectivity index (χ0v) is 6.79. The van der Waals surface area contributed by atoms with Crippen LogP contribution in [0, 0.1) is 17.8 Å². The van der Waals surface area contributed by atoms with Crippen LogP contribution in [0.2, 0.25) is 0 Å². The molecule has 1 saturated carbocycles. The predicted octanol–water partition coefficient (Wildman–Crippen LogP) is -1.49. The Labute approximate surface area is 74.5 Å². The van der Waals surface area contributed by atoms with Gasteiger partial charge >= 0.3 is 5.97 Å². The average molecular weight is 185 g/mol. The molecule has 0 radical (unpaired) electrons. The number of aliphatic carboxylic acids is 1. The maximum absolute atomic E-state index is 10.8. The standard InChI is InChI=1S/C8H11NO4/c9-8(7(12)13)2-1-3-4(5(3)8)6(10)11/h1-6,10-11H,9H2,(H,12,13). The van der Waals surface area contributed by atoms with Gasteiger partial charge in [0, 0.05) is 11.8 Å². The van der Waals surface area contributed by atoms with Gasteiger partial charge in [-0.25, -0.2) is 4.79 Å². The second kappa shape index (κ2) is 2.31. The Morgan fingerprint density at radius 1 is 1.54 bits per heavy atom. The zero-order chi connectivity index (χ0) is 9.80. The molecule has 0 aromatic carbocycles. The summed E-state index contributed by atoms with van der Waals surface area (Å²) >= 11 is 0. The van der Waals surface area contributed by atoms with Gasteiger partial charge in [-0.1, -0.05) is 12.2 Å². The largest absolute Gasteiger partial charge is 0.480 e. The lowest BCUT2D eigenvalue weighted by atomic mass is 9.95. The highest BCUT2D eigenvalue weighted by Gasteiger charge is 2.66. The summed E-state index contributed by atoms with van der Waals surface area (Å²) in [4.78, 5) is 10.8. The molecule has 2 aliphatic carbocycles. The third-order valence-electron chi connectivity index (χ3n) is 2.99. The molecule has 4 unspecified atom stereocenters. The smallest absolute Gasteiger partial charge is 0.328 e. The van der Waals surface area contributed by atoms with E-state index in [2.05, 4.69) is 0 Å². The van der Waals surface area contributed by atoms with E-state index in [1.807, 2.05) is 0 Å². The zero-order valence-electron chi connectivity index (χ0n) is 6.79. The molecule has 0 heterocycles. The molecule has 0 aromatic heterocycles. The Bertz CT molecular complexity index is 288. The summed E-state index contributed by atoms with van der Waals surface area (Å²) in [5.41, 5.74) is 4.20. The molecular weight excluding hydrogens is 174 g/mol. The van der Waals surface area contributed by atoms with Crippen molar-refractivity contribution in [2.75, 3.05) is 0 Å². The van der Waals surface area contributed by atoms with Crippen LogP contribution in [-0.2, 0) is 4.79 Å². The second-order valence-electron chi connectivity index (χ2n) is 3.69. The van der Waals surface area contributed by atoms with E-state index >= 15 is 0 Å². The van der Waals surface area contributed by atoms with E-state index in [1.54, 1.807) is 6.08 Å². The quantitative estimate of drug-likeness (QED) is 0.310. The Hall–Kier alpha value is -0.910. The van der Waals surface area contributed by atoms with Crippen LogP contribution in [0.1, 0.15) is 0 Å². The molecule has 1 fully saturated rings. The lowest BCUT2D eigenvalue weighted by molar-refractivity contribution is -0.142. The average Bonchev–Trinajstić information content (AvgIpc) is 2.66. The summed E-state index contributed by atoms with van der Waals surface area (Å²) in [6.07, 6.45) is 1.62. The molecule has 13 heavy (non-hydrogen) atoms. The van der Waals surface area contributed by atoms with E-state index in [4.69, 9.17) is 21.1 Å². The maximum Gasteiger partial charge on any atom is 0.328 e. The first-order chi connectivity index (χ1) is 5.98. The van der Waals surface area contributed by atoms with Gasteiger partial charge in [-0.3, -0.25) is 0 Å². The van der Waals surface area contributed by atoms with Crippen molar-refractivity contribution in [2.24, 2.45) is 23.5 Å². The number of allylic oxidation sites excluding steroid dienone is 1. The summed E-state index contributed by atoms with van der Waals surface area (Å²) < 4.78 is 0. The SMILES string of the molecule is NC1(C(=O)O)C=CC2C(C(O)O)C21. The minimum absolute atomic E-state index is 0.0823. The molecule has 5 nitrogen and oxygen atoms in total. The number of carbonyl (C=O) groups is 1. The number of aliphatic hydroxyl groups is 2. The number of fused-ring (bicyclic) bond motifs is 1. The fourth-order valence-corrected chi connectivity index (χ4v) is 2.22. The number of aliphatic hydroxyl groups excluding tert-OH is 1. The lowest BCUT2D eigenvalue weighted by Crippen LogP contribution is -2.48. The van der Waals surface area contributed by atoms with Gasteiger partial charge in [-0.05, 0) is 5.92 Å². The number of rotatable bonds is 2. The first-order valence-corrected chi connectivity index (χ1v) is 4.06. The summed E-state index contributed by atoms with van der Waals surface area (Å²) in [6.45, 7) is 0. The first-order valence-electron chi connectivity index (χ1n) is 4.06. The molecule has 0 spiro atoms. The van der Waals surface area contributed by atoms with E-state index in [1.165, 1.54) is 6.08 Å². The van der Waals surface area contributed by atoms with Crippen molar-refractivity contribution < 1.29 is 20.1 Å². The second-order valence-corrected chi connectivity index (χ2v) is 3.69. The highest BCUT2D eigenvalue weighted by Crippen LogP contribution is 2.58. The number of hydrogen-bond acceptors (Lipinski definition) is 4. The van der Waals surface area contributed by atoms with Gasteiger partial charge in [-0.2, -0.15) is 0 Å². The minimum Gasteiger partial charge on any atom is -0.480 e. The number of nitrogens with two attached hydrogens (primary N) is 1. The third-order valence-corrected chi connectivity index (χ3v) is 2.99. The van der Waals surface area contributed by atoms with Gasteiger partial charge < -0.3 is 21.1 Å². The number of hydrogen-bond donors (Lipinski definition) is 4. The van der Waals surface area contributed by atoms with Gasteiger partial charge in [0.1, 0.15) is 5.54 Å². The Balaban J connectivity index is 2.21. The first kappa shape index (κ1) is 8.68. The molecule has 0 bridgehead atoms. The van der Waals surface area contributed by atoms with Gasteiger partial charge in [-0.15, -0.1) is 0 Å².